The van der Waals surface area contributed by atoms with E-state index < -0.39 is 23.6 Å². The average molecular weight is 600 g/mol. The molecule has 0 aromatic carbocycles. The highest BCUT2D eigenvalue weighted by atomic mass is 16.6. The Labute approximate surface area is 250 Å². The fraction of sp³-hybridized carbons (Fsp3) is 0.393. The van der Waals surface area contributed by atoms with Crippen molar-refractivity contribution in [2.24, 2.45) is 14.1 Å². The number of carboxylic acid groups (broad SMARTS) is 1. The lowest BCUT2D eigenvalue weighted by Crippen LogP contribution is -2.29. The third-order valence-electron chi connectivity index (χ3n) is 6.11. The van der Waals surface area contributed by atoms with Gasteiger partial charge in [0.2, 0.25) is 0 Å². The van der Waals surface area contributed by atoms with E-state index in [0.29, 0.717) is 30.3 Å². The number of nitrogens with zero attached hydrogens (tertiary/aromatic N) is 4. The van der Waals surface area contributed by atoms with Crippen molar-refractivity contribution in [1.82, 2.24) is 34.9 Å². The molecule has 0 radical (unpaired) electrons. The van der Waals surface area contributed by atoms with Gasteiger partial charge in [-0.3, -0.25) is 10.1 Å². The van der Waals surface area contributed by atoms with Crippen LogP contribution in [0.2, 0.25) is 0 Å². The number of nitrogens with one attached hydrogen (secondary N) is 5. The predicted molar refractivity (Wildman–Crippen MR) is 161 cm³/mol. The van der Waals surface area contributed by atoms with Gasteiger partial charge in [0.05, 0.1) is 30.3 Å². The molecule has 15 nitrogen and oxygen atoms in total. The minimum Gasteiger partial charge on any atom is -0.477 e. The maximum absolute atomic E-state index is 13.0. The Bertz CT molecular complexity index is 1430. The number of carbonyl (C=O) groups is 3. The Morgan fingerprint density at radius 2 is 1.72 bits per heavy atom. The molecule has 3 rings (SSSR count). The van der Waals surface area contributed by atoms with E-state index in [0.717, 1.165) is 11.5 Å². The van der Waals surface area contributed by atoms with Crippen LogP contribution in [0, 0.1) is 0 Å². The molecule has 234 valence electrons. The van der Waals surface area contributed by atoms with E-state index in [1.165, 1.54) is 22.9 Å². The number of hydrogen-bond donors (Lipinski definition) is 7. The van der Waals surface area contributed by atoms with Crippen LogP contribution in [0.5, 0.6) is 0 Å². The molecule has 2 aromatic rings. The third-order valence-corrected chi connectivity index (χ3v) is 6.11. The van der Waals surface area contributed by atoms with Gasteiger partial charge in [-0.15, -0.1) is 0 Å². The van der Waals surface area contributed by atoms with Crippen molar-refractivity contribution >= 4 is 29.3 Å². The van der Waals surface area contributed by atoms with Gasteiger partial charge in [0.25, 0.3) is 5.91 Å². The van der Waals surface area contributed by atoms with Crippen LogP contribution in [-0.4, -0.2) is 80.2 Å². The molecule has 0 atom stereocenters. The van der Waals surface area contributed by atoms with Gasteiger partial charge in [-0.2, -0.15) is 0 Å². The summed E-state index contributed by atoms with van der Waals surface area (Å²) >= 11 is 0. The molecule has 0 saturated carbocycles. The van der Waals surface area contributed by atoms with Crippen molar-refractivity contribution in [3.8, 4) is 0 Å². The van der Waals surface area contributed by atoms with E-state index in [-0.39, 0.29) is 18.1 Å². The lowest BCUT2D eigenvalue weighted by Gasteiger charge is -2.21. The molecule has 0 saturated heterocycles. The number of aromatic nitrogens is 2. The van der Waals surface area contributed by atoms with Gasteiger partial charge in [0.15, 0.2) is 0 Å². The Hall–Kier alpha value is -5.05. The second kappa shape index (κ2) is 13.7. The summed E-state index contributed by atoms with van der Waals surface area (Å²) in [5.41, 5.74) is 1.87. The average Bonchev–Trinajstić information content (AvgIpc) is 3.55. The Morgan fingerprint density at radius 3 is 2.33 bits per heavy atom. The van der Waals surface area contributed by atoms with Gasteiger partial charge in [-0.1, -0.05) is 0 Å². The zero-order valence-electron chi connectivity index (χ0n) is 25.5. The van der Waals surface area contributed by atoms with Crippen LogP contribution in [0.25, 0.3) is 0 Å². The number of carboxylic acids is 1. The number of aryl methyl sites for hydroxylation is 2. The van der Waals surface area contributed by atoms with Gasteiger partial charge in [-0.05, 0) is 39.0 Å². The third kappa shape index (κ3) is 9.22. The van der Waals surface area contributed by atoms with E-state index in [2.05, 4.69) is 26.6 Å². The van der Waals surface area contributed by atoms with E-state index in [1.54, 1.807) is 47.3 Å². The summed E-state index contributed by atoms with van der Waals surface area (Å²) in [6, 6.07) is 3.21. The summed E-state index contributed by atoms with van der Waals surface area (Å²) in [5, 5.41) is 33.4. The molecule has 7 N–H and O–H groups in total. The fourth-order valence-electron chi connectivity index (χ4n) is 4.20. The Balaban J connectivity index is 1.72. The molecule has 1 aliphatic rings. The first-order valence-corrected chi connectivity index (χ1v) is 13.4. The highest BCUT2D eigenvalue weighted by Crippen LogP contribution is 2.19. The number of rotatable bonds is 12. The molecular formula is C28H41N9O6. The number of aliphatic hydroxyl groups is 1. The van der Waals surface area contributed by atoms with Gasteiger partial charge in [0.1, 0.15) is 29.5 Å². The molecule has 0 unspecified atom stereocenters. The van der Waals surface area contributed by atoms with E-state index in [1.807, 2.05) is 40.7 Å². The van der Waals surface area contributed by atoms with Gasteiger partial charge < -0.3 is 55.2 Å². The number of carbonyl (C=O) groups excluding carboxylic acids is 2. The fourth-order valence-corrected chi connectivity index (χ4v) is 4.20. The highest BCUT2D eigenvalue weighted by Gasteiger charge is 2.20. The van der Waals surface area contributed by atoms with Gasteiger partial charge >= 0.3 is 12.1 Å². The van der Waals surface area contributed by atoms with Crippen molar-refractivity contribution in [2.75, 3.05) is 38.1 Å². The predicted octanol–water partition coefficient (Wildman–Crippen LogP) is 1.63. The molecule has 0 fully saturated rings. The maximum Gasteiger partial charge on any atom is 0.412 e. The monoisotopic (exact) mass is 599 g/mol. The first-order valence-electron chi connectivity index (χ1n) is 13.4. The smallest absolute Gasteiger partial charge is 0.412 e. The molecule has 15 heteroatoms. The first kappa shape index (κ1) is 32.5. The number of hydrogen-bond acceptors (Lipinski definition) is 10. The number of likely N-dealkylation sites (N-methyl/N-ethyl adjacent to an activating group) is 1. The van der Waals surface area contributed by atoms with Crippen LogP contribution < -0.4 is 26.6 Å². The minimum absolute atomic E-state index is 0.0312. The quantitative estimate of drug-likeness (QED) is 0.107. The number of aromatic carboxylic acids is 1. The Kier molecular flexibility index (Phi) is 10.4. The van der Waals surface area contributed by atoms with Gasteiger partial charge in [-0.25, -0.2) is 9.59 Å². The molecular weight excluding hydrogens is 558 g/mol. The van der Waals surface area contributed by atoms with E-state index >= 15 is 0 Å². The number of amides is 2. The van der Waals surface area contributed by atoms with Crippen LogP contribution in [0.1, 0.15) is 37.0 Å². The molecule has 2 amide bonds. The van der Waals surface area contributed by atoms with Crippen molar-refractivity contribution in [2.45, 2.75) is 32.9 Å². The first-order chi connectivity index (χ1) is 20.2. The molecule has 3 heterocycles. The zero-order chi connectivity index (χ0) is 31.9. The van der Waals surface area contributed by atoms with Gasteiger partial charge in [0, 0.05) is 58.7 Å². The van der Waals surface area contributed by atoms with Crippen molar-refractivity contribution in [1.29, 1.82) is 0 Å². The van der Waals surface area contributed by atoms with Crippen molar-refractivity contribution < 1.29 is 29.3 Å². The minimum atomic E-state index is -1.11. The zero-order valence-corrected chi connectivity index (χ0v) is 25.5. The van der Waals surface area contributed by atoms with Crippen molar-refractivity contribution in [3.63, 3.8) is 0 Å². The molecule has 2 aromatic heterocycles. The summed E-state index contributed by atoms with van der Waals surface area (Å²) in [6.45, 7) is 5.95. The second-order valence-electron chi connectivity index (χ2n) is 10.9. The summed E-state index contributed by atoms with van der Waals surface area (Å²) in [4.78, 5) is 40.3. The van der Waals surface area contributed by atoms with E-state index in [4.69, 9.17) is 4.74 Å². The van der Waals surface area contributed by atoms with Crippen LogP contribution >= 0.6 is 0 Å². The largest absolute Gasteiger partial charge is 0.477 e. The summed E-state index contributed by atoms with van der Waals surface area (Å²) < 4.78 is 8.62. The highest BCUT2D eigenvalue weighted by molar-refractivity contribution is 6.04. The molecule has 0 spiro atoms. The molecule has 0 aliphatic carbocycles. The van der Waals surface area contributed by atoms with Crippen LogP contribution in [0.4, 0.5) is 16.2 Å². The second-order valence-corrected chi connectivity index (χ2v) is 10.9. The lowest BCUT2D eigenvalue weighted by molar-refractivity contribution is -0.113. The SMILES string of the molecule is CN/C(=C\C(=CN1CN(C)C=C1NCc1cc(NC(=O)OC(C)(C)C)cn1C)NCO)C(=O)Nc1cc(C(=O)O)n(C)c1. The lowest BCUT2D eigenvalue weighted by atomic mass is 10.2. The number of allylic oxidation sites excluding steroid dienone is 1. The summed E-state index contributed by atoms with van der Waals surface area (Å²) in [6.07, 6.45) is 7.96. The molecule has 43 heavy (non-hydrogen) atoms. The summed E-state index contributed by atoms with van der Waals surface area (Å²) in [7, 11) is 6.94. The molecule has 0 bridgehead atoms. The van der Waals surface area contributed by atoms with Crippen LogP contribution in [0.15, 0.2) is 60.2 Å². The number of aliphatic hydroxyl groups excluding tert-OH is 1. The summed E-state index contributed by atoms with van der Waals surface area (Å²) in [5.74, 6) is -0.845. The number of ether oxygens (including phenoxy) is 1. The standard InChI is InChI=1S/C28H41N9O6/c1-28(2,3)43-27(42)33-19-8-21(35(6)12-19)11-30-24-15-34(5)17-37(24)14-18(31-16-38)9-22(29-4)25(39)32-20-10-23(26(40)41)36(7)13-20/h8-10,12-15,29-31,38H,11,16-17H2,1-7H3,(H,32,39)(H,33,42)(H,40,41)/b18-14?,22-9-. The Morgan fingerprint density at radius 1 is 1.05 bits per heavy atom. The van der Waals surface area contributed by atoms with E-state index in [9.17, 15) is 24.6 Å². The maximum atomic E-state index is 13.0. The van der Waals surface area contributed by atoms with Crippen LogP contribution in [0.3, 0.4) is 0 Å². The molecule has 1 aliphatic heterocycles. The number of anilines is 2. The van der Waals surface area contributed by atoms with Crippen molar-refractivity contribution in [3.05, 3.63) is 71.6 Å². The van der Waals surface area contributed by atoms with Crippen LogP contribution in [-0.2, 0) is 30.2 Å². The normalized spacial score (nSPS) is 13.9. The topological polar surface area (TPSA) is 177 Å².